The fourth-order valence-corrected chi connectivity index (χ4v) is 6.02. The zero-order valence-electron chi connectivity index (χ0n) is 28.8. The molecule has 0 saturated carbocycles. The predicted octanol–water partition coefficient (Wildman–Crippen LogP) is 7.20. The molecule has 5 atom stereocenters. The summed E-state index contributed by atoms with van der Waals surface area (Å²) >= 11 is 0. The summed E-state index contributed by atoms with van der Waals surface area (Å²) < 4.78 is 61.8. The van der Waals surface area contributed by atoms with E-state index in [0.29, 0.717) is 12.8 Å². The highest BCUT2D eigenvalue weighted by atomic mass is 31.2. The lowest BCUT2D eigenvalue weighted by molar-refractivity contribution is -0.304. The molecule has 15 heteroatoms. The minimum Gasteiger partial charge on any atom is -0.462 e. The topological polar surface area (TPSA) is 174 Å². The fraction of sp³-hybridized carbons (Fsp3) is 0.588. The summed E-state index contributed by atoms with van der Waals surface area (Å²) in [5.74, 6) is -1.51. The number of phosphoric ester groups is 1. The monoisotopic (exact) mass is 705 g/mol. The molecular weight excluding hydrogens is 657 g/mol. The lowest BCUT2D eigenvalue weighted by Crippen LogP contribution is -2.62. The fourth-order valence-electron chi connectivity index (χ4n) is 4.69. The van der Waals surface area contributed by atoms with Gasteiger partial charge < -0.3 is 23.7 Å². The van der Waals surface area contributed by atoms with Crippen LogP contribution in [0.25, 0.3) is 10.4 Å². The largest absolute Gasteiger partial charge is 0.477 e. The average Bonchev–Trinajstić information content (AvgIpc) is 3.07. The summed E-state index contributed by atoms with van der Waals surface area (Å²) in [7, 11) is -4.29. The Kier molecular flexibility index (Phi) is 16.7. The van der Waals surface area contributed by atoms with Crippen molar-refractivity contribution in [1.82, 2.24) is 0 Å². The van der Waals surface area contributed by atoms with Gasteiger partial charge in [-0.05, 0) is 43.3 Å². The third kappa shape index (κ3) is 13.1. The maximum Gasteiger partial charge on any atom is 0.477 e. The lowest BCUT2D eigenvalue weighted by Gasteiger charge is -2.45. The zero-order valence-corrected chi connectivity index (χ0v) is 29.7. The van der Waals surface area contributed by atoms with Gasteiger partial charge in [0, 0.05) is 11.8 Å². The molecule has 0 bridgehead atoms. The van der Waals surface area contributed by atoms with Gasteiger partial charge in [0.2, 0.25) is 6.29 Å². The molecule has 14 nitrogen and oxygen atoms in total. The molecule has 1 heterocycles. The molecule has 2 aromatic carbocycles. The summed E-state index contributed by atoms with van der Waals surface area (Å²) in [6, 6.07) is 18.6. The first-order chi connectivity index (χ1) is 23.5. The van der Waals surface area contributed by atoms with Crippen LogP contribution in [-0.2, 0) is 64.6 Å². The third-order valence-corrected chi connectivity index (χ3v) is 8.83. The van der Waals surface area contributed by atoms with Gasteiger partial charge in [-0.2, -0.15) is 0 Å². The van der Waals surface area contributed by atoms with E-state index in [4.69, 9.17) is 42.8 Å². The van der Waals surface area contributed by atoms with Gasteiger partial charge in [0.15, 0.2) is 6.10 Å². The number of phosphoric acid groups is 1. The van der Waals surface area contributed by atoms with Gasteiger partial charge in [-0.25, -0.2) is 4.57 Å². The van der Waals surface area contributed by atoms with E-state index in [9.17, 15) is 14.2 Å². The van der Waals surface area contributed by atoms with Crippen LogP contribution in [0.1, 0.15) is 71.4 Å². The van der Waals surface area contributed by atoms with Crippen molar-refractivity contribution < 1.29 is 51.4 Å². The van der Waals surface area contributed by atoms with Crippen LogP contribution in [0.2, 0.25) is 0 Å². The summed E-state index contributed by atoms with van der Waals surface area (Å²) in [6.07, 6.45) is -3.43. The van der Waals surface area contributed by atoms with Gasteiger partial charge in [-0.3, -0.25) is 23.2 Å². The molecule has 49 heavy (non-hydrogen) atoms. The number of hydrogen-bond acceptors (Lipinski definition) is 12. The van der Waals surface area contributed by atoms with Crippen LogP contribution in [0.4, 0.5) is 0 Å². The molecular formula is C34H48N3O11P. The van der Waals surface area contributed by atoms with Crippen molar-refractivity contribution in [1.29, 1.82) is 0 Å². The molecule has 0 N–H and O–H groups in total. The Hall–Kier alpha value is -3.32. The Bertz CT molecular complexity index is 1380. The van der Waals surface area contributed by atoms with E-state index in [1.807, 2.05) is 74.5 Å². The summed E-state index contributed by atoms with van der Waals surface area (Å²) in [4.78, 5) is 28.3. The van der Waals surface area contributed by atoms with Crippen molar-refractivity contribution in [2.24, 2.45) is 5.11 Å². The standard InChI is InChI=1S/C34H48N3O11P/c1-6-8-20-44-49(40,45-21-9-7-2)48-32-31(46-25(3)38)30(42-23-27-18-14-11-15-19-27)29(41-22-26-16-12-10-13-17-26)28(47-32)24-43-33(39)34(4,5)36-37-35/h10-19,28-32H,6-9,20-24H2,1-5H3/t28-,29-,30+,31+,32-/m1/s1. The number of rotatable bonds is 21. The lowest BCUT2D eigenvalue weighted by atomic mass is 9.98. The molecule has 0 amide bonds. The number of benzene rings is 2. The number of azide groups is 1. The Balaban J connectivity index is 2.05. The van der Waals surface area contributed by atoms with Gasteiger partial charge in [-0.1, -0.05) is 92.5 Å². The molecule has 270 valence electrons. The highest BCUT2D eigenvalue weighted by molar-refractivity contribution is 7.48. The molecule has 1 aliphatic heterocycles. The number of ether oxygens (including phenoxy) is 5. The number of hydrogen-bond donors (Lipinski definition) is 0. The molecule has 0 unspecified atom stereocenters. The van der Waals surface area contributed by atoms with Crippen LogP contribution in [0.5, 0.6) is 0 Å². The van der Waals surface area contributed by atoms with Gasteiger partial charge in [0.05, 0.1) is 26.4 Å². The van der Waals surface area contributed by atoms with E-state index in [2.05, 4.69) is 10.0 Å². The van der Waals surface area contributed by atoms with E-state index in [1.54, 1.807) is 0 Å². The SMILES string of the molecule is CCCCOP(=O)(OCCCC)O[C@H]1O[C@H](COC(=O)C(C)(C)N=[N+]=[N-])[C@@H](OCc2ccccc2)[C@H](OCc2ccccc2)[C@@H]1OC(C)=O. The van der Waals surface area contributed by atoms with E-state index < -0.39 is 62.6 Å². The van der Waals surface area contributed by atoms with Crippen molar-refractivity contribution in [3.05, 3.63) is 82.2 Å². The molecule has 0 aliphatic carbocycles. The van der Waals surface area contributed by atoms with Crippen LogP contribution in [0.15, 0.2) is 65.8 Å². The van der Waals surface area contributed by atoms with Crippen molar-refractivity contribution in [2.45, 2.75) is 110 Å². The number of carbonyl (C=O) groups is 2. The second-order valence-electron chi connectivity index (χ2n) is 11.9. The maximum absolute atomic E-state index is 14.0. The Morgan fingerprint density at radius 1 is 0.878 bits per heavy atom. The second kappa shape index (κ2) is 20.4. The Labute approximate surface area is 287 Å². The quantitative estimate of drug-likeness (QED) is 0.0321. The first kappa shape index (κ1) is 40.1. The minimum absolute atomic E-state index is 0.0648. The van der Waals surface area contributed by atoms with Crippen LogP contribution in [0.3, 0.4) is 0 Å². The highest BCUT2D eigenvalue weighted by Crippen LogP contribution is 2.52. The van der Waals surface area contributed by atoms with Crippen molar-refractivity contribution >= 4 is 19.8 Å². The van der Waals surface area contributed by atoms with Gasteiger partial charge >= 0.3 is 19.8 Å². The smallest absolute Gasteiger partial charge is 0.462 e. The first-order valence-corrected chi connectivity index (χ1v) is 17.9. The van der Waals surface area contributed by atoms with Crippen LogP contribution in [0, 0.1) is 0 Å². The number of unbranched alkanes of at least 4 members (excludes halogenated alkanes) is 2. The van der Waals surface area contributed by atoms with E-state index in [-0.39, 0.29) is 26.4 Å². The maximum atomic E-state index is 14.0. The molecule has 1 fully saturated rings. The highest BCUT2D eigenvalue weighted by Gasteiger charge is 2.53. The molecule has 3 rings (SSSR count). The van der Waals surface area contributed by atoms with E-state index in [0.717, 1.165) is 24.0 Å². The van der Waals surface area contributed by atoms with Gasteiger partial charge in [0.1, 0.15) is 30.5 Å². The zero-order chi connectivity index (χ0) is 35.7. The van der Waals surface area contributed by atoms with Gasteiger partial charge in [0.25, 0.3) is 0 Å². The van der Waals surface area contributed by atoms with Gasteiger partial charge in [-0.15, -0.1) is 0 Å². The summed E-state index contributed by atoms with van der Waals surface area (Å²) in [6.45, 7) is 7.83. The summed E-state index contributed by atoms with van der Waals surface area (Å²) in [5.41, 5.74) is 9.06. The van der Waals surface area contributed by atoms with Crippen molar-refractivity contribution in [3.8, 4) is 0 Å². The second-order valence-corrected chi connectivity index (χ2v) is 13.5. The number of esters is 2. The van der Waals surface area contributed by atoms with Crippen LogP contribution in [-0.4, -0.2) is 68.0 Å². The Morgan fingerprint density at radius 3 is 1.90 bits per heavy atom. The molecule has 0 aromatic heterocycles. The first-order valence-electron chi connectivity index (χ1n) is 16.5. The third-order valence-electron chi connectivity index (χ3n) is 7.36. The molecule has 2 aromatic rings. The summed E-state index contributed by atoms with van der Waals surface area (Å²) in [5, 5.41) is 3.53. The average molecular weight is 706 g/mol. The molecule has 0 spiro atoms. The van der Waals surface area contributed by atoms with E-state index >= 15 is 0 Å². The number of nitrogens with zero attached hydrogens (tertiary/aromatic N) is 3. The number of carbonyl (C=O) groups excluding carboxylic acids is 2. The van der Waals surface area contributed by atoms with E-state index in [1.165, 1.54) is 20.8 Å². The molecule has 0 radical (unpaired) electrons. The van der Waals surface area contributed by atoms with Crippen LogP contribution < -0.4 is 0 Å². The van der Waals surface area contributed by atoms with Crippen LogP contribution >= 0.6 is 7.82 Å². The predicted molar refractivity (Wildman–Crippen MR) is 179 cm³/mol. The normalized spacial score (nSPS) is 21.0. The minimum atomic E-state index is -4.29. The Morgan fingerprint density at radius 2 is 1.41 bits per heavy atom. The molecule has 1 saturated heterocycles. The van der Waals surface area contributed by atoms with Crippen molar-refractivity contribution in [2.75, 3.05) is 19.8 Å². The van der Waals surface area contributed by atoms with Crippen molar-refractivity contribution in [3.63, 3.8) is 0 Å². The molecule has 1 aliphatic rings.